The number of benzene rings is 2. The van der Waals surface area contributed by atoms with E-state index in [0.29, 0.717) is 17.5 Å². The van der Waals surface area contributed by atoms with E-state index in [1.807, 2.05) is 13.8 Å². The van der Waals surface area contributed by atoms with Gasteiger partial charge in [0.05, 0.1) is 17.9 Å². The van der Waals surface area contributed by atoms with Gasteiger partial charge in [-0.3, -0.25) is 9.52 Å². The number of hydrogen-bond donors (Lipinski definition) is 2. The van der Waals surface area contributed by atoms with E-state index in [2.05, 4.69) is 5.32 Å². The van der Waals surface area contributed by atoms with Gasteiger partial charge in [0.1, 0.15) is 5.69 Å². The first-order valence-electron chi connectivity index (χ1n) is 10.2. The van der Waals surface area contributed by atoms with Crippen LogP contribution < -0.4 is 10.0 Å². The normalized spacial score (nSPS) is 13.4. The summed E-state index contributed by atoms with van der Waals surface area (Å²) in [7, 11) is -3.90. The van der Waals surface area contributed by atoms with Crippen molar-refractivity contribution in [3.8, 4) is 0 Å². The first kappa shape index (κ1) is 27.3. The summed E-state index contributed by atoms with van der Waals surface area (Å²) >= 11 is 0. The Morgan fingerprint density at radius 3 is 2.15 bits per heavy atom. The molecule has 0 heterocycles. The summed E-state index contributed by atoms with van der Waals surface area (Å²) < 4.78 is 91.8. The maximum Gasteiger partial charge on any atom is 0.416 e. The standard InChI is InChI=1S/C23H25F5N2O3S/c1-13(2)9-17-10-18(23(26,27)28)7-5-15(17)6-8-21(31)29-14(3)16-11-19(24)22(20(25)12-16)30-34(4,32)33/h5-8,10-14,30H,9H2,1-4H3,(H,29,31). The van der Waals surface area contributed by atoms with Crippen LogP contribution >= 0.6 is 0 Å². The van der Waals surface area contributed by atoms with Gasteiger partial charge in [-0.2, -0.15) is 13.2 Å². The van der Waals surface area contributed by atoms with E-state index in [-0.39, 0.29) is 11.5 Å². The van der Waals surface area contributed by atoms with Crippen LogP contribution in [0.15, 0.2) is 36.4 Å². The van der Waals surface area contributed by atoms with Crippen LogP contribution in [0.1, 0.15) is 49.1 Å². The zero-order valence-corrected chi connectivity index (χ0v) is 19.7. The fourth-order valence-electron chi connectivity index (χ4n) is 3.20. The number of hydrogen-bond acceptors (Lipinski definition) is 3. The summed E-state index contributed by atoms with van der Waals surface area (Å²) in [5, 5.41) is 2.51. The van der Waals surface area contributed by atoms with Gasteiger partial charge in [0.25, 0.3) is 0 Å². The molecular weight excluding hydrogens is 479 g/mol. The molecule has 0 radical (unpaired) electrons. The highest BCUT2D eigenvalue weighted by Gasteiger charge is 2.30. The van der Waals surface area contributed by atoms with E-state index in [1.54, 1.807) is 4.72 Å². The average Bonchev–Trinajstić information content (AvgIpc) is 2.67. The molecule has 0 saturated heterocycles. The minimum atomic E-state index is -4.49. The van der Waals surface area contributed by atoms with Crippen LogP contribution in [0.4, 0.5) is 27.6 Å². The van der Waals surface area contributed by atoms with Crippen molar-refractivity contribution in [1.82, 2.24) is 5.32 Å². The highest BCUT2D eigenvalue weighted by molar-refractivity contribution is 7.92. The maximum absolute atomic E-state index is 14.2. The molecule has 0 aliphatic heterocycles. The number of anilines is 1. The fraction of sp³-hybridized carbons (Fsp3) is 0.348. The minimum absolute atomic E-state index is 0.0471. The molecule has 0 aliphatic rings. The van der Waals surface area contributed by atoms with E-state index in [4.69, 9.17) is 0 Å². The van der Waals surface area contributed by atoms with Crippen LogP contribution in [0.3, 0.4) is 0 Å². The fourth-order valence-corrected chi connectivity index (χ4v) is 3.76. The van der Waals surface area contributed by atoms with Crippen LogP contribution in [0.5, 0.6) is 0 Å². The molecule has 186 valence electrons. The minimum Gasteiger partial charge on any atom is -0.346 e. The zero-order valence-electron chi connectivity index (χ0n) is 18.9. The van der Waals surface area contributed by atoms with E-state index in [1.165, 1.54) is 19.1 Å². The van der Waals surface area contributed by atoms with Crippen molar-refractivity contribution in [2.24, 2.45) is 5.92 Å². The van der Waals surface area contributed by atoms with Crippen LogP contribution in [0.25, 0.3) is 6.08 Å². The first-order valence-corrected chi connectivity index (χ1v) is 12.1. The molecule has 2 N–H and O–H groups in total. The van der Waals surface area contributed by atoms with Gasteiger partial charge in [0.2, 0.25) is 15.9 Å². The molecule has 2 rings (SSSR count). The third kappa shape index (κ3) is 7.82. The largest absolute Gasteiger partial charge is 0.416 e. The van der Waals surface area contributed by atoms with Crippen LogP contribution in [-0.2, 0) is 27.4 Å². The van der Waals surface area contributed by atoms with Gasteiger partial charge in [0, 0.05) is 6.08 Å². The molecule has 0 spiro atoms. The lowest BCUT2D eigenvalue weighted by molar-refractivity contribution is -0.137. The highest BCUT2D eigenvalue weighted by Crippen LogP contribution is 2.31. The molecule has 0 aliphatic carbocycles. The Balaban J connectivity index is 2.20. The molecule has 2 aromatic carbocycles. The summed E-state index contributed by atoms with van der Waals surface area (Å²) in [6.07, 6.45) is -0.876. The van der Waals surface area contributed by atoms with Gasteiger partial charge >= 0.3 is 6.18 Å². The number of rotatable bonds is 8. The summed E-state index contributed by atoms with van der Waals surface area (Å²) in [6, 6.07) is 4.20. The van der Waals surface area contributed by atoms with Crippen LogP contribution in [-0.4, -0.2) is 20.6 Å². The molecule has 5 nitrogen and oxygen atoms in total. The molecule has 0 bridgehead atoms. The number of sulfonamides is 1. The van der Waals surface area contributed by atoms with Crippen molar-refractivity contribution in [3.63, 3.8) is 0 Å². The lowest BCUT2D eigenvalue weighted by atomic mass is 9.95. The maximum atomic E-state index is 14.2. The second kappa shape index (κ2) is 10.5. The molecule has 1 unspecified atom stereocenters. The van der Waals surface area contributed by atoms with E-state index in [9.17, 15) is 35.2 Å². The Labute approximate surface area is 195 Å². The topological polar surface area (TPSA) is 75.3 Å². The van der Waals surface area contributed by atoms with Crippen molar-refractivity contribution in [2.75, 3.05) is 11.0 Å². The Bertz CT molecular complexity index is 1170. The number of amides is 1. The van der Waals surface area contributed by atoms with Crippen LogP contribution in [0.2, 0.25) is 0 Å². The van der Waals surface area contributed by atoms with E-state index < -0.39 is 51.0 Å². The number of halogens is 5. The molecule has 0 fully saturated rings. The Hall–Kier alpha value is -2.95. The molecular formula is C23H25F5N2O3S. The molecule has 34 heavy (non-hydrogen) atoms. The number of carbonyl (C=O) groups excluding carboxylic acids is 1. The van der Waals surface area contributed by atoms with Gasteiger partial charge in [-0.1, -0.05) is 19.9 Å². The highest BCUT2D eigenvalue weighted by atomic mass is 32.2. The number of carbonyl (C=O) groups is 1. The van der Waals surface area contributed by atoms with E-state index >= 15 is 0 Å². The smallest absolute Gasteiger partial charge is 0.346 e. The average molecular weight is 505 g/mol. The summed E-state index contributed by atoms with van der Waals surface area (Å²) in [5.74, 6) is -2.86. The van der Waals surface area contributed by atoms with Gasteiger partial charge < -0.3 is 5.32 Å². The molecule has 0 saturated carbocycles. The van der Waals surface area contributed by atoms with Gasteiger partial charge in [0.15, 0.2) is 11.6 Å². The molecule has 11 heteroatoms. The second-order valence-electron chi connectivity index (χ2n) is 8.31. The van der Waals surface area contributed by atoms with Crippen molar-refractivity contribution in [3.05, 3.63) is 70.3 Å². The second-order valence-corrected chi connectivity index (χ2v) is 10.1. The van der Waals surface area contributed by atoms with Crippen molar-refractivity contribution >= 4 is 27.7 Å². The number of nitrogens with one attached hydrogen (secondary N) is 2. The SMILES string of the molecule is CC(C)Cc1cc(C(F)(F)F)ccc1C=CC(=O)NC(C)c1cc(F)c(NS(C)(=O)=O)c(F)c1. The van der Waals surface area contributed by atoms with Gasteiger partial charge in [-0.25, -0.2) is 17.2 Å². The summed E-state index contributed by atoms with van der Waals surface area (Å²) in [5.41, 5.74) is -0.690. The molecule has 0 aromatic heterocycles. The van der Waals surface area contributed by atoms with Crippen molar-refractivity contribution in [2.45, 2.75) is 39.4 Å². The Morgan fingerprint density at radius 2 is 1.65 bits per heavy atom. The number of alkyl halides is 3. The Kier molecular flexibility index (Phi) is 8.46. The molecule has 1 amide bonds. The zero-order chi connectivity index (χ0) is 25.8. The Morgan fingerprint density at radius 1 is 1.06 bits per heavy atom. The predicted molar refractivity (Wildman–Crippen MR) is 120 cm³/mol. The van der Waals surface area contributed by atoms with Gasteiger partial charge in [-0.15, -0.1) is 0 Å². The lowest BCUT2D eigenvalue weighted by Gasteiger charge is -2.16. The third-order valence-corrected chi connectivity index (χ3v) is 5.30. The van der Waals surface area contributed by atoms with Crippen molar-refractivity contribution in [1.29, 1.82) is 0 Å². The summed E-state index contributed by atoms with van der Waals surface area (Å²) in [4.78, 5) is 12.3. The van der Waals surface area contributed by atoms with Crippen LogP contribution in [0, 0.1) is 17.6 Å². The molecule has 1 atom stereocenters. The monoisotopic (exact) mass is 504 g/mol. The quantitative estimate of drug-likeness (QED) is 0.371. The third-order valence-electron chi connectivity index (χ3n) is 4.72. The lowest BCUT2D eigenvalue weighted by Crippen LogP contribution is -2.25. The summed E-state index contributed by atoms with van der Waals surface area (Å²) in [6.45, 7) is 5.18. The van der Waals surface area contributed by atoms with Crippen molar-refractivity contribution < 1.29 is 35.2 Å². The van der Waals surface area contributed by atoms with Gasteiger partial charge in [-0.05, 0) is 66.3 Å². The first-order chi connectivity index (χ1) is 15.6. The van der Waals surface area contributed by atoms with E-state index in [0.717, 1.165) is 36.6 Å². The predicted octanol–water partition coefficient (Wildman–Crippen LogP) is 5.44. The molecule has 2 aromatic rings.